The average molecular weight is 381 g/mol. The highest BCUT2D eigenvalue weighted by Gasteiger charge is 2.35. The zero-order chi connectivity index (χ0) is 19.8. The smallest absolute Gasteiger partial charge is 0.141 e. The standard InChI is InChI=1S/C23H40O4/c1-3-17-4-10-20(11-5-17)22(15-26)23(27)16(2)12-18-6-8-19(9-7-18)21(13-24)14-25/h13,16-22,25-26H,3-12,14-15H2,1-2H3. The maximum atomic E-state index is 13.0. The Labute approximate surface area is 165 Å². The largest absolute Gasteiger partial charge is 0.396 e. The van der Waals surface area contributed by atoms with Gasteiger partial charge in [-0.05, 0) is 55.8 Å². The zero-order valence-electron chi connectivity index (χ0n) is 17.3. The second kappa shape index (κ2) is 11.3. The Balaban J connectivity index is 1.81. The molecule has 2 aliphatic carbocycles. The minimum atomic E-state index is -0.220. The van der Waals surface area contributed by atoms with Gasteiger partial charge in [-0.1, -0.05) is 46.0 Å². The summed E-state index contributed by atoms with van der Waals surface area (Å²) in [6.07, 6.45) is 11.6. The van der Waals surface area contributed by atoms with Crippen LogP contribution in [0.1, 0.15) is 78.1 Å². The number of ketones is 1. The van der Waals surface area contributed by atoms with E-state index in [0.717, 1.165) is 57.1 Å². The molecule has 4 heteroatoms. The number of aliphatic hydroxyl groups is 2. The third kappa shape index (κ3) is 6.12. The average Bonchev–Trinajstić information content (AvgIpc) is 2.71. The van der Waals surface area contributed by atoms with E-state index in [0.29, 0.717) is 17.8 Å². The molecule has 0 aliphatic heterocycles. The highest BCUT2D eigenvalue weighted by atomic mass is 16.3. The van der Waals surface area contributed by atoms with Crippen LogP contribution in [0, 0.1) is 41.4 Å². The molecule has 156 valence electrons. The SMILES string of the molecule is CCC1CCC(C(CO)C(=O)C(C)CC2CCC(C(C=O)CO)CC2)CC1. The van der Waals surface area contributed by atoms with Crippen molar-refractivity contribution in [3.05, 3.63) is 0 Å². The van der Waals surface area contributed by atoms with Crippen LogP contribution >= 0.6 is 0 Å². The Kier molecular flexibility index (Phi) is 9.44. The Morgan fingerprint density at radius 3 is 1.96 bits per heavy atom. The van der Waals surface area contributed by atoms with E-state index >= 15 is 0 Å². The van der Waals surface area contributed by atoms with Gasteiger partial charge in [0.15, 0.2) is 0 Å². The number of carbonyl (C=O) groups is 2. The van der Waals surface area contributed by atoms with Gasteiger partial charge >= 0.3 is 0 Å². The quantitative estimate of drug-likeness (QED) is 0.561. The van der Waals surface area contributed by atoms with Crippen LogP contribution in [0.4, 0.5) is 0 Å². The lowest BCUT2D eigenvalue weighted by Gasteiger charge is -2.35. The summed E-state index contributed by atoms with van der Waals surface area (Å²) in [6, 6.07) is 0. The van der Waals surface area contributed by atoms with Gasteiger partial charge < -0.3 is 15.0 Å². The molecule has 2 fully saturated rings. The van der Waals surface area contributed by atoms with Crippen LogP contribution in [0.5, 0.6) is 0 Å². The van der Waals surface area contributed by atoms with Crippen LogP contribution in [-0.2, 0) is 9.59 Å². The van der Waals surface area contributed by atoms with Crippen molar-refractivity contribution in [3.8, 4) is 0 Å². The Morgan fingerprint density at radius 1 is 0.926 bits per heavy atom. The molecule has 0 saturated heterocycles. The van der Waals surface area contributed by atoms with Gasteiger partial charge in [-0.25, -0.2) is 0 Å². The molecule has 4 nitrogen and oxygen atoms in total. The monoisotopic (exact) mass is 380 g/mol. The number of Topliss-reactive ketones (excluding diaryl/α,β-unsaturated/α-hetero) is 1. The maximum absolute atomic E-state index is 13.0. The van der Waals surface area contributed by atoms with Gasteiger partial charge in [-0.3, -0.25) is 4.79 Å². The van der Waals surface area contributed by atoms with Crippen molar-refractivity contribution in [2.45, 2.75) is 78.1 Å². The van der Waals surface area contributed by atoms with Gasteiger partial charge in [-0.15, -0.1) is 0 Å². The van der Waals surface area contributed by atoms with Crippen LogP contribution in [0.3, 0.4) is 0 Å². The molecule has 2 aliphatic rings. The van der Waals surface area contributed by atoms with Crippen molar-refractivity contribution < 1.29 is 19.8 Å². The molecular formula is C23H40O4. The van der Waals surface area contributed by atoms with Crippen LogP contribution in [-0.4, -0.2) is 35.5 Å². The third-order valence-corrected chi connectivity index (χ3v) is 7.66. The minimum absolute atomic E-state index is 0.00507. The molecule has 0 bridgehead atoms. The Bertz CT molecular complexity index is 447. The number of carbonyl (C=O) groups excluding carboxylic acids is 2. The number of hydrogen-bond donors (Lipinski definition) is 2. The summed E-state index contributed by atoms with van der Waals surface area (Å²) in [5.41, 5.74) is 0. The molecule has 0 aromatic rings. The van der Waals surface area contributed by atoms with Crippen molar-refractivity contribution >= 4 is 12.1 Å². The van der Waals surface area contributed by atoms with Crippen LogP contribution in [0.25, 0.3) is 0 Å². The molecule has 2 rings (SSSR count). The van der Waals surface area contributed by atoms with Gasteiger partial charge in [0.1, 0.15) is 12.1 Å². The fraction of sp³-hybridized carbons (Fsp3) is 0.913. The predicted octanol–water partition coefficient (Wildman–Crippen LogP) is 4.02. The molecule has 0 amide bonds. The normalized spacial score (nSPS) is 32.4. The molecule has 0 aromatic heterocycles. The number of rotatable bonds is 10. The van der Waals surface area contributed by atoms with Crippen molar-refractivity contribution in [2.75, 3.05) is 13.2 Å². The fourth-order valence-electron chi connectivity index (χ4n) is 5.61. The molecular weight excluding hydrogens is 340 g/mol. The van der Waals surface area contributed by atoms with Gasteiger partial charge in [0.05, 0.1) is 13.2 Å². The first kappa shape index (κ1) is 22.5. The number of aldehydes is 1. The molecule has 3 unspecified atom stereocenters. The maximum Gasteiger partial charge on any atom is 0.141 e. The Morgan fingerprint density at radius 2 is 1.48 bits per heavy atom. The Hall–Kier alpha value is -0.740. The lowest BCUT2D eigenvalue weighted by Crippen LogP contribution is -2.34. The van der Waals surface area contributed by atoms with E-state index in [1.165, 1.54) is 19.3 Å². The summed E-state index contributed by atoms with van der Waals surface area (Å²) in [4.78, 5) is 24.1. The second-order valence-corrected chi connectivity index (χ2v) is 9.28. The van der Waals surface area contributed by atoms with E-state index in [1.807, 2.05) is 6.92 Å². The van der Waals surface area contributed by atoms with E-state index < -0.39 is 0 Å². The van der Waals surface area contributed by atoms with Crippen molar-refractivity contribution in [3.63, 3.8) is 0 Å². The number of aliphatic hydroxyl groups excluding tert-OH is 2. The van der Waals surface area contributed by atoms with Crippen molar-refractivity contribution in [2.24, 2.45) is 41.4 Å². The molecule has 27 heavy (non-hydrogen) atoms. The first-order valence-electron chi connectivity index (χ1n) is 11.2. The summed E-state index contributed by atoms with van der Waals surface area (Å²) in [7, 11) is 0. The first-order valence-corrected chi connectivity index (χ1v) is 11.2. The van der Waals surface area contributed by atoms with Gasteiger partial charge in [0, 0.05) is 17.8 Å². The first-order chi connectivity index (χ1) is 13.0. The highest BCUT2D eigenvalue weighted by molar-refractivity contribution is 5.83. The van der Waals surface area contributed by atoms with E-state index in [9.17, 15) is 19.8 Å². The molecule has 0 spiro atoms. The minimum Gasteiger partial charge on any atom is -0.396 e. The van der Waals surface area contributed by atoms with Crippen LogP contribution < -0.4 is 0 Å². The molecule has 0 radical (unpaired) electrons. The summed E-state index contributed by atoms with van der Waals surface area (Å²) >= 11 is 0. The molecule has 2 saturated carbocycles. The van der Waals surface area contributed by atoms with Crippen molar-refractivity contribution in [1.29, 1.82) is 0 Å². The van der Waals surface area contributed by atoms with Crippen molar-refractivity contribution in [1.82, 2.24) is 0 Å². The number of hydrogen-bond acceptors (Lipinski definition) is 4. The summed E-state index contributed by atoms with van der Waals surface area (Å²) < 4.78 is 0. The van der Waals surface area contributed by atoms with E-state index in [-0.39, 0.29) is 36.8 Å². The summed E-state index contributed by atoms with van der Waals surface area (Å²) in [5, 5.41) is 19.2. The summed E-state index contributed by atoms with van der Waals surface area (Å²) in [5.74, 6) is 1.87. The van der Waals surface area contributed by atoms with Gasteiger partial charge in [0.25, 0.3) is 0 Å². The lowest BCUT2D eigenvalue weighted by atomic mass is 9.70. The zero-order valence-corrected chi connectivity index (χ0v) is 17.3. The van der Waals surface area contributed by atoms with Gasteiger partial charge in [-0.2, -0.15) is 0 Å². The molecule has 0 aromatic carbocycles. The predicted molar refractivity (Wildman–Crippen MR) is 107 cm³/mol. The summed E-state index contributed by atoms with van der Waals surface area (Å²) in [6.45, 7) is 4.23. The van der Waals surface area contributed by atoms with E-state index in [1.54, 1.807) is 0 Å². The second-order valence-electron chi connectivity index (χ2n) is 9.28. The lowest BCUT2D eigenvalue weighted by molar-refractivity contribution is -0.130. The molecule has 3 atom stereocenters. The van der Waals surface area contributed by atoms with E-state index in [2.05, 4.69) is 6.92 Å². The molecule has 0 heterocycles. The van der Waals surface area contributed by atoms with Crippen LogP contribution in [0.2, 0.25) is 0 Å². The van der Waals surface area contributed by atoms with Gasteiger partial charge in [0.2, 0.25) is 0 Å². The van der Waals surface area contributed by atoms with E-state index in [4.69, 9.17) is 0 Å². The topological polar surface area (TPSA) is 74.6 Å². The highest BCUT2D eigenvalue weighted by Crippen LogP contribution is 2.39. The molecule has 2 N–H and O–H groups in total. The fourth-order valence-corrected chi connectivity index (χ4v) is 5.61. The third-order valence-electron chi connectivity index (χ3n) is 7.66. The van der Waals surface area contributed by atoms with Crippen LogP contribution in [0.15, 0.2) is 0 Å².